The number of nitrogens with zero attached hydrogens (tertiary/aromatic N) is 4. The van der Waals surface area contributed by atoms with Crippen LogP contribution in [0.1, 0.15) is 38.1 Å². The van der Waals surface area contributed by atoms with Crippen LogP contribution in [-0.4, -0.2) is 32.2 Å². The number of fused-ring (bicyclic) bond motifs is 1. The van der Waals surface area contributed by atoms with Gasteiger partial charge in [-0.2, -0.15) is 0 Å². The summed E-state index contributed by atoms with van der Waals surface area (Å²) < 4.78 is 8.07. The van der Waals surface area contributed by atoms with Crippen LogP contribution in [0.5, 0.6) is 0 Å². The van der Waals surface area contributed by atoms with Gasteiger partial charge >= 0.3 is 0 Å². The van der Waals surface area contributed by atoms with Crippen molar-refractivity contribution >= 4 is 11.0 Å². The maximum Gasteiger partial charge on any atom is 0.128 e. The Bertz CT molecular complexity index is 890. The second kappa shape index (κ2) is 5.11. The molecular weight excluding hydrogens is 300 g/mol. The van der Waals surface area contributed by atoms with Crippen molar-refractivity contribution in [3.63, 3.8) is 0 Å². The average molecular weight is 322 g/mol. The van der Waals surface area contributed by atoms with Crippen LogP contribution in [0.25, 0.3) is 11.0 Å². The number of epoxide rings is 1. The highest BCUT2D eigenvalue weighted by Gasteiger charge is 2.62. The lowest BCUT2D eigenvalue weighted by molar-refractivity contribution is 0.106. The van der Waals surface area contributed by atoms with Gasteiger partial charge in [-0.1, -0.05) is 44.2 Å². The first-order valence-corrected chi connectivity index (χ1v) is 8.29. The van der Waals surface area contributed by atoms with Gasteiger partial charge in [-0.25, -0.2) is 4.68 Å². The van der Waals surface area contributed by atoms with Crippen molar-refractivity contribution in [3.8, 4) is 0 Å². The van der Waals surface area contributed by atoms with Crippen molar-refractivity contribution < 1.29 is 4.74 Å². The van der Waals surface area contributed by atoms with Crippen molar-refractivity contribution in [3.05, 3.63) is 53.9 Å². The number of aryl methyl sites for hydroxylation is 1. The molecule has 2 atom stereocenters. The van der Waals surface area contributed by atoms with E-state index in [-0.39, 0.29) is 17.1 Å². The number of aromatic nitrogens is 4. The van der Waals surface area contributed by atoms with E-state index in [1.54, 1.807) is 0 Å². The van der Waals surface area contributed by atoms with Crippen LogP contribution in [-0.2, 0) is 4.74 Å². The van der Waals surface area contributed by atoms with Gasteiger partial charge in [0.15, 0.2) is 0 Å². The highest BCUT2D eigenvalue weighted by atomic mass is 16.6. The third kappa shape index (κ3) is 2.15. The highest BCUT2D eigenvalue weighted by molar-refractivity contribution is 5.74. The normalized spacial score (nSPS) is 21.8. The maximum absolute atomic E-state index is 6.08. The molecule has 5 heteroatoms. The van der Waals surface area contributed by atoms with Gasteiger partial charge in [0.2, 0.25) is 0 Å². The van der Waals surface area contributed by atoms with Crippen LogP contribution in [0, 0.1) is 12.3 Å². The predicted octanol–water partition coefficient (Wildman–Crippen LogP) is 3.54. The van der Waals surface area contributed by atoms with Gasteiger partial charge in [0.05, 0.1) is 17.8 Å². The van der Waals surface area contributed by atoms with E-state index in [0.717, 1.165) is 22.3 Å². The van der Waals surface area contributed by atoms with Crippen molar-refractivity contribution in [1.29, 1.82) is 0 Å². The molecule has 24 heavy (non-hydrogen) atoms. The molecule has 1 fully saturated rings. The third-order valence-electron chi connectivity index (χ3n) is 5.10. The molecule has 0 unspecified atom stereocenters. The number of pyridine rings is 1. The predicted molar refractivity (Wildman–Crippen MR) is 92.8 cm³/mol. The lowest BCUT2D eigenvalue weighted by Crippen LogP contribution is -2.41. The van der Waals surface area contributed by atoms with Gasteiger partial charge < -0.3 is 4.74 Å². The Balaban J connectivity index is 1.97. The van der Waals surface area contributed by atoms with E-state index in [1.807, 2.05) is 35.1 Å². The Hall–Kier alpha value is -2.27. The second-order valence-corrected chi connectivity index (χ2v) is 7.56. The summed E-state index contributed by atoms with van der Waals surface area (Å²) in [5.74, 6) is 0. The summed E-state index contributed by atoms with van der Waals surface area (Å²) in [7, 11) is 0. The van der Waals surface area contributed by atoms with Gasteiger partial charge in [-0.15, -0.1) is 5.10 Å². The van der Waals surface area contributed by atoms with Gasteiger partial charge in [-0.3, -0.25) is 4.98 Å². The molecule has 1 aliphatic heterocycles. The van der Waals surface area contributed by atoms with Crippen LogP contribution in [0.4, 0.5) is 0 Å². The summed E-state index contributed by atoms with van der Waals surface area (Å²) in [5, 5.41) is 8.83. The van der Waals surface area contributed by atoms with E-state index in [1.165, 1.54) is 0 Å². The molecule has 0 bridgehead atoms. The standard InChI is InChI=1S/C19H22N4O/c1-13-8-7-11-20-16(13)17(19(12-24-19)18(2,3)4)23-15-10-6-5-9-14(15)21-22-23/h5-11,17H,12H2,1-4H3/t17-,19+/m1/s1. The summed E-state index contributed by atoms with van der Waals surface area (Å²) >= 11 is 0. The molecule has 0 spiro atoms. The van der Waals surface area contributed by atoms with E-state index in [2.05, 4.69) is 50.1 Å². The van der Waals surface area contributed by atoms with Crippen LogP contribution in [0.3, 0.4) is 0 Å². The SMILES string of the molecule is Cc1cccnc1[C@@H](n1nnc2ccccc21)[C@]1(C(C)(C)C)CO1. The molecule has 2 aromatic heterocycles. The molecule has 3 heterocycles. The second-order valence-electron chi connectivity index (χ2n) is 7.56. The van der Waals surface area contributed by atoms with Crippen molar-refractivity contribution in [2.75, 3.05) is 6.61 Å². The van der Waals surface area contributed by atoms with Crippen LogP contribution in [0.2, 0.25) is 0 Å². The van der Waals surface area contributed by atoms with E-state index < -0.39 is 0 Å². The molecule has 0 N–H and O–H groups in total. The zero-order valence-corrected chi connectivity index (χ0v) is 14.5. The molecular formula is C19H22N4O. The summed E-state index contributed by atoms with van der Waals surface area (Å²) in [5.41, 5.74) is 3.66. The number of rotatable bonds is 3. The van der Waals surface area contributed by atoms with Crippen molar-refractivity contribution in [1.82, 2.24) is 20.0 Å². The average Bonchev–Trinajstić information content (AvgIpc) is 3.25. The largest absolute Gasteiger partial charge is 0.366 e. The quantitative estimate of drug-likeness (QED) is 0.692. The van der Waals surface area contributed by atoms with Crippen molar-refractivity contribution in [2.24, 2.45) is 5.41 Å². The molecule has 124 valence electrons. The number of para-hydroxylation sites is 1. The Kier molecular flexibility index (Phi) is 3.25. The topological polar surface area (TPSA) is 56.1 Å². The highest BCUT2D eigenvalue weighted by Crippen LogP contribution is 2.54. The lowest BCUT2D eigenvalue weighted by atomic mass is 9.74. The number of hydrogen-bond donors (Lipinski definition) is 0. The molecule has 0 amide bonds. The first kappa shape index (κ1) is 15.3. The summed E-state index contributed by atoms with van der Waals surface area (Å²) in [6.45, 7) is 9.43. The minimum atomic E-state index is -0.331. The van der Waals surface area contributed by atoms with E-state index >= 15 is 0 Å². The van der Waals surface area contributed by atoms with E-state index in [9.17, 15) is 0 Å². The van der Waals surface area contributed by atoms with E-state index in [4.69, 9.17) is 9.72 Å². The molecule has 5 nitrogen and oxygen atoms in total. The first-order chi connectivity index (χ1) is 11.4. The van der Waals surface area contributed by atoms with Gasteiger partial charge in [-0.05, 0) is 36.1 Å². The van der Waals surface area contributed by atoms with Crippen LogP contribution in [0.15, 0.2) is 42.6 Å². The molecule has 0 radical (unpaired) electrons. The number of hydrogen-bond acceptors (Lipinski definition) is 4. The lowest BCUT2D eigenvalue weighted by Gasteiger charge is -2.35. The third-order valence-corrected chi connectivity index (χ3v) is 5.10. The fraction of sp³-hybridized carbons (Fsp3) is 0.421. The zero-order chi connectivity index (χ0) is 16.9. The molecule has 3 aromatic rings. The summed E-state index contributed by atoms with van der Waals surface area (Å²) in [6.07, 6.45) is 1.84. The van der Waals surface area contributed by atoms with Crippen LogP contribution < -0.4 is 0 Å². The first-order valence-electron chi connectivity index (χ1n) is 8.29. The van der Waals surface area contributed by atoms with Gasteiger partial charge in [0.25, 0.3) is 0 Å². The molecule has 1 aliphatic rings. The fourth-order valence-electron chi connectivity index (χ4n) is 3.47. The van der Waals surface area contributed by atoms with Crippen molar-refractivity contribution in [2.45, 2.75) is 39.3 Å². The van der Waals surface area contributed by atoms with Gasteiger partial charge in [0, 0.05) is 6.20 Å². The van der Waals surface area contributed by atoms with Gasteiger partial charge in [0.1, 0.15) is 17.2 Å². The van der Waals surface area contributed by atoms with Crippen LogP contribution >= 0.6 is 0 Å². The Morgan fingerprint density at radius 1 is 1.17 bits per heavy atom. The fourth-order valence-corrected chi connectivity index (χ4v) is 3.47. The minimum absolute atomic E-state index is 0.0469. The smallest absolute Gasteiger partial charge is 0.128 e. The number of ether oxygens (including phenoxy) is 1. The Labute approximate surface area is 141 Å². The Morgan fingerprint density at radius 2 is 1.92 bits per heavy atom. The molecule has 0 saturated carbocycles. The Morgan fingerprint density at radius 3 is 2.58 bits per heavy atom. The minimum Gasteiger partial charge on any atom is -0.366 e. The number of benzene rings is 1. The molecule has 0 aliphatic carbocycles. The monoisotopic (exact) mass is 322 g/mol. The summed E-state index contributed by atoms with van der Waals surface area (Å²) in [6, 6.07) is 12.0. The maximum atomic E-state index is 6.08. The molecule has 4 rings (SSSR count). The molecule has 1 saturated heterocycles. The summed E-state index contributed by atoms with van der Waals surface area (Å²) in [4.78, 5) is 4.69. The van der Waals surface area contributed by atoms with E-state index in [0.29, 0.717) is 6.61 Å². The zero-order valence-electron chi connectivity index (χ0n) is 14.5. The molecule has 1 aromatic carbocycles.